The number of amides is 1. The number of hydrogen-bond acceptors (Lipinski definition) is 4. The molecule has 0 atom stereocenters. The van der Waals surface area contributed by atoms with Crippen molar-refractivity contribution in [2.24, 2.45) is 0 Å². The second-order valence-corrected chi connectivity index (χ2v) is 6.72. The van der Waals surface area contributed by atoms with Crippen molar-refractivity contribution in [1.82, 2.24) is 14.5 Å². The first kappa shape index (κ1) is 17.1. The number of rotatable bonds is 5. The van der Waals surface area contributed by atoms with Crippen LogP contribution in [0.2, 0.25) is 0 Å². The minimum absolute atomic E-state index is 0.0399. The molecule has 0 unspecified atom stereocenters. The second kappa shape index (κ2) is 7.51. The van der Waals surface area contributed by atoms with Crippen LogP contribution in [0, 0.1) is 5.82 Å². The second-order valence-electron chi connectivity index (χ2n) is 5.86. The third kappa shape index (κ3) is 3.93. The van der Waals surface area contributed by atoms with Gasteiger partial charge in [0.2, 0.25) is 5.91 Å². The summed E-state index contributed by atoms with van der Waals surface area (Å²) in [6.07, 6.45) is 3.33. The molecule has 5 nitrogen and oxygen atoms in total. The fourth-order valence-electron chi connectivity index (χ4n) is 2.61. The first-order valence-electron chi connectivity index (χ1n) is 8.26. The van der Waals surface area contributed by atoms with Gasteiger partial charge in [0, 0.05) is 17.1 Å². The number of anilines is 1. The van der Waals surface area contributed by atoms with Gasteiger partial charge < -0.3 is 9.88 Å². The van der Waals surface area contributed by atoms with Gasteiger partial charge in [0.1, 0.15) is 23.1 Å². The Balaban J connectivity index is 1.45. The SMILES string of the molecule is O=C(Cn1cnc(-c2nc(-c3ccccc3)cs2)c1)Nc1ccccc1F. The summed E-state index contributed by atoms with van der Waals surface area (Å²) >= 11 is 1.50. The van der Waals surface area contributed by atoms with Gasteiger partial charge in [-0.05, 0) is 12.1 Å². The highest BCUT2D eigenvalue weighted by Crippen LogP contribution is 2.27. The summed E-state index contributed by atoms with van der Waals surface area (Å²) in [5.74, 6) is -0.790. The number of para-hydroxylation sites is 1. The monoisotopic (exact) mass is 378 g/mol. The summed E-state index contributed by atoms with van der Waals surface area (Å²) < 4.78 is 15.3. The number of aromatic nitrogens is 3. The predicted molar refractivity (Wildman–Crippen MR) is 104 cm³/mol. The van der Waals surface area contributed by atoms with Crippen LogP contribution in [0.1, 0.15) is 0 Å². The molecule has 0 radical (unpaired) electrons. The van der Waals surface area contributed by atoms with Gasteiger partial charge in [0.15, 0.2) is 0 Å². The maximum Gasteiger partial charge on any atom is 0.244 e. The topological polar surface area (TPSA) is 59.8 Å². The minimum atomic E-state index is -0.464. The number of imidazole rings is 1. The molecule has 134 valence electrons. The van der Waals surface area contributed by atoms with Crippen molar-refractivity contribution >= 4 is 22.9 Å². The van der Waals surface area contributed by atoms with Crippen LogP contribution in [0.25, 0.3) is 22.0 Å². The van der Waals surface area contributed by atoms with Crippen LogP contribution in [-0.2, 0) is 11.3 Å². The van der Waals surface area contributed by atoms with Gasteiger partial charge in [-0.25, -0.2) is 14.4 Å². The fraction of sp³-hybridized carbons (Fsp3) is 0.0500. The van der Waals surface area contributed by atoms with E-state index in [9.17, 15) is 9.18 Å². The van der Waals surface area contributed by atoms with E-state index in [1.165, 1.54) is 23.5 Å². The van der Waals surface area contributed by atoms with Crippen molar-refractivity contribution in [3.05, 3.63) is 78.3 Å². The van der Waals surface area contributed by atoms with Crippen LogP contribution in [0.4, 0.5) is 10.1 Å². The van der Waals surface area contributed by atoms with Crippen molar-refractivity contribution in [2.45, 2.75) is 6.54 Å². The lowest BCUT2D eigenvalue weighted by Crippen LogP contribution is -2.18. The maximum atomic E-state index is 13.6. The molecule has 0 saturated heterocycles. The van der Waals surface area contributed by atoms with E-state index in [4.69, 9.17) is 0 Å². The number of nitrogens with one attached hydrogen (secondary N) is 1. The van der Waals surface area contributed by atoms with Gasteiger partial charge in [-0.1, -0.05) is 42.5 Å². The lowest BCUT2D eigenvalue weighted by Gasteiger charge is -2.06. The number of thiazole rings is 1. The molecular formula is C20H15FN4OS. The normalized spacial score (nSPS) is 10.7. The number of benzene rings is 2. The smallest absolute Gasteiger partial charge is 0.244 e. The number of nitrogens with zero attached hydrogens (tertiary/aromatic N) is 3. The van der Waals surface area contributed by atoms with Gasteiger partial charge in [0.05, 0.1) is 17.7 Å². The van der Waals surface area contributed by atoms with Gasteiger partial charge >= 0.3 is 0 Å². The Kier molecular flexibility index (Phi) is 4.76. The Labute approximate surface area is 159 Å². The van der Waals surface area contributed by atoms with Crippen LogP contribution in [0.15, 0.2) is 72.5 Å². The number of carbonyl (C=O) groups excluding carboxylic acids is 1. The summed E-state index contributed by atoms with van der Waals surface area (Å²) in [4.78, 5) is 21.1. The Morgan fingerprint density at radius 1 is 1.07 bits per heavy atom. The van der Waals surface area contributed by atoms with Crippen LogP contribution < -0.4 is 5.32 Å². The third-order valence-corrected chi connectivity index (χ3v) is 4.77. The fourth-order valence-corrected chi connectivity index (χ4v) is 3.40. The average molecular weight is 378 g/mol. The summed E-state index contributed by atoms with van der Waals surface area (Å²) in [6, 6.07) is 16.0. The van der Waals surface area contributed by atoms with Gasteiger partial charge in [0.25, 0.3) is 0 Å². The van der Waals surface area contributed by atoms with Crippen LogP contribution in [0.3, 0.4) is 0 Å². The third-order valence-electron chi connectivity index (χ3n) is 3.90. The zero-order chi connectivity index (χ0) is 18.6. The molecule has 4 aromatic rings. The molecule has 0 aliphatic rings. The lowest BCUT2D eigenvalue weighted by atomic mass is 10.2. The highest BCUT2D eigenvalue weighted by Gasteiger charge is 2.11. The highest BCUT2D eigenvalue weighted by atomic mass is 32.1. The zero-order valence-electron chi connectivity index (χ0n) is 14.2. The Hall–Kier alpha value is -3.32. The molecule has 0 spiro atoms. The van der Waals surface area contributed by atoms with E-state index in [1.54, 1.807) is 29.2 Å². The van der Waals surface area contributed by atoms with E-state index in [-0.39, 0.29) is 18.1 Å². The van der Waals surface area contributed by atoms with E-state index in [1.807, 2.05) is 35.7 Å². The molecule has 4 rings (SSSR count). The molecule has 1 amide bonds. The van der Waals surface area contributed by atoms with Crippen molar-refractivity contribution in [3.63, 3.8) is 0 Å². The average Bonchev–Trinajstić information content (AvgIpc) is 3.34. The Morgan fingerprint density at radius 3 is 2.67 bits per heavy atom. The Bertz CT molecular complexity index is 1070. The van der Waals surface area contributed by atoms with E-state index >= 15 is 0 Å². The van der Waals surface area contributed by atoms with E-state index in [2.05, 4.69) is 15.3 Å². The van der Waals surface area contributed by atoms with Crippen LogP contribution in [0.5, 0.6) is 0 Å². The predicted octanol–water partition coefficient (Wildman–Crippen LogP) is 4.45. The lowest BCUT2D eigenvalue weighted by molar-refractivity contribution is -0.116. The molecule has 2 aromatic heterocycles. The minimum Gasteiger partial charge on any atom is -0.327 e. The molecule has 2 aromatic carbocycles. The van der Waals surface area contributed by atoms with E-state index < -0.39 is 5.82 Å². The summed E-state index contributed by atoms with van der Waals surface area (Å²) in [5.41, 5.74) is 2.79. The molecule has 0 aliphatic carbocycles. The standard InChI is InChI=1S/C20H15FN4OS/c21-15-8-4-5-9-16(15)23-19(26)11-25-10-17(22-13-25)20-24-18(12-27-20)14-6-2-1-3-7-14/h1-10,12-13H,11H2,(H,23,26). The van der Waals surface area contributed by atoms with Crippen molar-refractivity contribution in [2.75, 3.05) is 5.32 Å². The molecule has 1 N–H and O–H groups in total. The van der Waals surface area contributed by atoms with E-state index in [0.717, 1.165) is 16.3 Å². The molecule has 0 saturated carbocycles. The Morgan fingerprint density at radius 2 is 1.85 bits per heavy atom. The van der Waals surface area contributed by atoms with Gasteiger partial charge in [-0.15, -0.1) is 11.3 Å². The molecule has 0 bridgehead atoms. The quantitative estimate of drug-likeness (QED) is 0.558. The summed E-state index contributed by atoms with van der Waals surface area (Å²) in [6.45, 7) is 0.0399. The number of hydrogen-bond donors (Lipinski definition) is 1. The van der Waals surface area contributed by atoms with Crippen molar-refractivity contribution in [1.29, 1.82) is 0 Å². The van der Waals surface area contributed by atoms with Crippen LogP contribution >= 0.6 is 11.3 Å². The van der Waals surface area contributed by atoms with E-state index in [0.29, 0.717) is 5.69 Å². The maximum absolute atomic E-state index is 13.6. The number of carbonyl (C=O) groups is 1. The number of halogens is 1. The summed E-state index contributed by atoms with van der Waals surface area (Å²) in [5, 5.41) is 5.32. The van der Waals surface area contributed by atoms with Gasteiger partial charge in [-0.2, -0.15) is 0 Å². The zero-order valence-corrected chi connectivity index (χ0v) is 15.0. The molecule has 2 heterocycles. The molecule has 0 fully saturated rings. The van der Waals surface area contributed by atoms with Gasteiger partial charge in [-0.3, -0.25) is 4.79 Å². The summed E-state index contributed by atoms with van der Waals surface area (Å²) in [7, 11) is 0. The first-order valence-corrected chi connectivity index (χ1v) is 9.14. The highest BCUT2D eigenvalue weighted by molar-refractivity contribution is 7.13. The van der Waals surface area contributed by atoms with Crippen molar-refractivity contribution < 1.29 is 9.18 Å². The first-order chi connectivity index (χ1) is 13.2. The van der Waals surface area contributed by atoms with Crippen molar-refractivity contribution in [3.8, 4) is 22.0 Å². The van der Waals surface area contributed by atoms with Crippen LogP contribution in [-0.4, -0.2) is 20.4 Å². The molecular weight excluding hydrogens is 363 g/mol. The largest absolute Gasteiger partial charge is 0.327 e. The molecule has 27 heavy (non-hydrogen) atoms. The molecule has 7 heteroatoms. The molecule has 0 aliphatic heterocycles.